The van der Waals surface area contributed by atoms with E-state index in [1.165, 1.54) is 26.8 Å². The lowest BCUT2D eigenvalue weighted by atomic mass is 10.1. The first-order valence-corrected chi connectivity index (χ1v) is 12.9. The van der Waals surface area contributed by atoms with Crippen LogP contribution in [0.15, 0.2) is 23.2 Å². The molecule has 0 spiro atoms. The summed E-state index contributed by atoms with van der Waals surface area (Å²) in [6.45, 7) is 5.29. The van der Waals surface area contributed by atoms with E-state index in [-0.39, 0.29) is 44.0 Å². The summed E-state index contributed by atoms with van der Waals surface area (Å²) in [4.78, 5) is 46.0. The van der Waals surface area contributed by atoms with E-state index in [1.54, 1.807) is 40.9 Å². The summed E-state index contributed by atoms with van der Waals surface area (Å²) in [7, 11) is 3.10. The number of hydrogen-bond donors (Lipinski definition) is 1. The first kappa shape index (κ1) is 29.4. The molecule has 1 N–H and O–H groups in total. The zero-order valence-electron chi connectivity index (χ0n) is 21.2. The lowest BCUT2D eigenvalue weighted by Crippen LogP contribution is -2.60. The van der Waals surface area contributed by atoms with Gasteiger partial charge in [-0.15, -0.1) is 4.99 Å². The highest BCUT2D eigenvalue weighted by molar-refractivity contribution is 14.1. The molecule has 0 saturated carbocycles. The molecule has 0 unspecified atom stereocenters. The Morgan fingerprint density at radius 2 is 1.86 bits per heavy atom. The molecule has 1 aliphatic heterocycles. The monoisotopic (exact) mass is 621 g/mol. The fourth-order valence-corrected chi connectivity index (χ4v) is 3.65. The van der Waals surface area contributed by atoms with Gasteiger partial charge < -0.3 is 29.3 Å². The molecule has 13 heteroatoms. The number of nitrogens with zero attached hydrogens (tertiary/aromatic N) is 5. The van der Waals surface area contributed by atoms with E-state index in [4.69, 9.17) is 9.47 Å². The van der Waals surface area contributed by atoms with E-state index in [0.29, 0.717) is 12.2 Å². The van der Waals surface area contributed by atoms with Gasteiger partial charge in [-0.3, -0.25) is 0 Å². The third-order valence-corrected chi connectivity index (χ3v) is 5.68. The average Bonchev–Trinajstić information content (AvgIpc) is 2.76. The van der Waals surface area contributed by atoms with Gasteiger partial charge in [0.05, 0.1) is 19.9 Å². The van der Waals surface area contributed by atoms with Crippen LogP contribution in [0.5, 0.6) is 5.75 Å². The summed E-state index contributed by atoms with van der Waals surface area (Å²) < 4.78 is 26.1. The van der Waals surface area contributed by atoms with Crippen molar-refractivity contribution in [1.29, 1.82) is 0 Å². The molecular weight excluding hydrogens is 588 g/mol. The molecule has 1 fully saturated rings. The Morgan fingerprint density at radius 3 is 2.39 bits per heavy atom. The average molecular weight is 621 g/mol. The maximum atomic E-state index is 14.5. The summed E-state index contributed by atoms with van der Waals surface area (Å²) in [5.74, 6) is -0.597. The van der Waals surface area contributed by atoms with Gasteiger partial charge in [0.25, 0.3) is 0 Å². The molecule has 1 aromatic rings. The summed E-state index contributed by atoms with van der Waals surface area (Å²) >= 11 is 2.21. The Hall–Kier alpha value is -2.84. The van der Waals surface area contributed by atoms with Crippen molar-refractivity contribution in [3.63, 3.8) is 0 Å². The molecule has 1 saturated heterocycles. The first-order chi connectivity index (χ1) is 16.8. The van der Waals surface area contributed by atoms with Crippen LogP contribution in [0.4, 0.5) is 18.8 Å². The Kier molecular flexibility index (Phi) is 10.5. The molecule has 1 aliphatic rings. The standard InChI is InChI=1S/C23H33FIN5O6/c1-23(2,3)36-20(31)26-19(29-14-27(4)21(32)28(5)15-29)30(22(33)34)11-9-16-7-8-18(17(24)13-16)35-12-6-10-25/h7-8,13H,6,9-12,14-15H2,1-5H3,(H,33,34)/b26-19+. The van der Waals surface area contributed by atoms with Gasteiger partial charge in [0.1, 0.15) is 5.60 Å². The van der Waals surface area contributed by atoms with E-state index in [1.807, 2.05) is 0 Å². The number of carbonyl (C=O) groups excluding carboxylic acids is 2. The van der Waals surface area contributed by atoms with Crippen molar-refractivity contribution in [2.45, 2.75) is 39.2 Å². The minimum atomic E-state index is -1.36. The van der Waals surface area contributed by atoms with Crippen molar-refractivity contribution >= 4 is 46.8 Å². The summed E-state index contributed by atoms with van der Waals surface area (Å²) in [6, 6.07) is 4.21. The summed E-state index contributed by atoms with van der Waals surface area (Å²) in [5, 5.41) is 9.98. The zero-order chi connectivity index (χ0) is 27.0. The van der Waals surface area contributed by atoms with Gasteiger partial charge in [0, 0.05) is 25.1 Å². The molecule has 0 atom stereocenters. The number of alkyl halides is 1. The quantitative estimate of drug-likeness (QED) is 0.161. The normalized spacial score (nSPS) is 14.7. The van der Waals surface area contributed by atoms with Crippen LogP contribution in [-0.4, -0.2) is 99.5 Å². The van der Waals surface area contributed by atoms with Gasteiger partial charge in [0.15, 0.2) is 11.6 Å². The van der Waals surface area contributed by atoms with E-state index in [9.17, 15) is 23.9 Å². The highest BCUT2D eigenvalue weighted by atomic mass is 127. The Bertz CT molecular complexity index is 972. The van der Waals surface area contributed by atoms with Crippen LogP contribution in [0, 0.1) is 5.82 Å². The highest BCUT2D eigenvalue weighted by Crippen LogP contribution is 2.20. The molecule has 0 bridgehead atoms. The largest absolute Gasteiger partial charge is 0.490 e. The number of carboxylic acid groups (broad SMARTS) is 1. The van der Waals surface area contributed by atoms with Crippen LogP contribution in [0.3, 0.4) is 0 Å². The van der Waals surface area contributed by atoms with Crippen molar-refractivity contribution in [2.75, 3.05) is 45.0 Å². The minimum absolute atomic E-state index is 0.00642. The molecule has 0 aromatic heterocycles. The fraction of sp³-hybridized carbons (Fsp3) is 0.565. The van der Waals surface area contributed by atoms with E-state index in [2.05, 4.69) is 27.6 Å². The molecule has 11 nitrogen and oxygen atoms in total. The molecule has 0 radical (unpaired) electrons. The van der Waals surface area contributed by atoms with E-state index < -0.39 is 23.6 Å². The molecule has 0 aliphatic carbocycles. The Balaban J connectivity index is 2.29. The Morgan fingerprint density at radius 1 is 1.22 bits per heavy atom. The molecule has 36 heavy (non-hydrogen) atoms. The number of aliphatic imine (C=N–C) groups is 1. The third kappa shape index (κ3) is 8.68. The number of amides is 4. The molecule has 1 aromatic carbocycles. The lowest BCUT2D eigenvalue weighted by molar-refractivity contribution is 0.0587. The van der Waals surface area contributed by atoms with E-state index >= 15 is 0 Å². The topological polar surface area (TPSA) is 115 Å². The molecular formula is C23H33FIN5O6. The summed E-state index contributed by atoms with van der Waals surface area (Å²) in [5.41, 5.74) is -0.303. The van der Waals surface area contributed by atoms with Crippen molar-refractivity contribution < 1.29 is 33.4 Å². The smallest absolute Gasteiger partial charge is 0.437 e. The number of carbonyl (C=O) groups is 3. The van der Waals surface area contributed by atoms with Crippen LogP contribution in [0.2, 0.25) is 0 Å². The molecule has 4 amide bonds. The zero-order valence-corrected chi connectivity index (χ0v) is 23.3. The van der Waals surface area contributed by atoms with Crippen molar-refractivity contribution in [3.05, 3.63) is 29.6 Å². The van der Waals surface area contributed by atoms with Crippen LogP contribution in [-0.2, 0) is 11.2 Å². The maximum Gasteiger partial charge on any atom is 0.437 e. The predicted octanol–water partition coefficient (Wildman–Crippen LogP) is 4.06. The molecule has 200 valence electrons. The SMILES string of the molecule is CN1CN(/C(=N\C(=O)OC(C)(C)C)N(CCc2ccc(OCCCI)c(F)c2)C(=O)O)CN(C)C1=O. The summed E-state index contributed by atoms with van der Waals surface area (Å²) in [6.07, 6.45) is -1.39. The number of guanidine groups is 1. The number of hydrogen-bond acceptors (Lipinski definition) is 5. The second kappa shape index (κ2) is 12.9. The molecule has 1 heterocycles. The first-order valence-electron chi connectivity index (χ1n) is 11.3. The highest BCUT2D eigenvalue weighted by Gasteiger charge is 2.33. The predicted molar refractivity (Wildman–Crippen MR) is 140 cm³/mol. The number of urea groups is 1. The van der Waals surface area contributed by atoms with Crippen LogP contribution in [0.1, 0.15) is 32.8 Å². The van der Waals surface area contributed by atoms with Gasteiger partial charge in [-0.2, -0.15) is 0 Å². The second-order valence-electron chi connectivity index (χ2n) is 9.23. The third-order valence-electron chi connectivity index (χ3n) is 4.91. The van der Waals surface area contributed by atoms with Crippen molar-refractivity contribution in [1.82, 2.24) is 19.6 Å². The minimum Gasteiger partial charge on any atom is -0.490 e. The van der Waals surface area contributed by atoms with Gasteiger partial charge in [0.2, 0.25) is 5.96 Å². The van der Waals surface area contributed by atoms with E-state index in [0.717, 1.165) is 15.7 Å². The van der Waals surface area contributed by atoms with Crippen LogP contribution >= 0.6 is 22.6 Å². The maximum absolute atomic E-state index is 14.5. The van der Waals surface area contributed by atoms with Crippen LogP contribution in [0.25, 0.3) is 0 Å². The van der Waals surface area contributed by atoms with Gasteiger partial charge in [-0.05, 0) is 51.3 Å². The van der Waals surface area contributed by atoms with Crippen molar-refractivity contribution in [3.8, 4) is 5.75 Å². The number of rotatable bonds is 7. The van der Waals surface area contributed by atoms with Crippen molar-refractivity contribution in [2.24, 2.45) is 4.99 Å². The fourth-order valence-electron chi connectivity index (χ4n) is 3.34. The second-order valence-corrected chi connectivity index (χ2v) is 10.3. The van der Waals surface area contributed by atoms with Gasteiger partial charge >= 0.3 is 18.2 Å². The molecule has 2 rings (SSSR count). The number of ether oxygens (including phenoxy) is 2. The van der Waals surface area contributed by atoms with Gasteiger partial charge in [-0.25, -0.2) is 23.7 Å². The van der Waals surface area contributed by atoms with Gasteiger partial charge in [-0.1, -0.05) is 28.7 Å². The van der Waals surface area contributed by atoms with Crippen LogP contribution < -0.4 is 4.74 Å². The lowest BCUT2D eigenvalue weighted by Gasteiger charge is -2.41. The number of halogens is 2. The Labute approximate surface area is 223 Å². The number of benzene rings is 1.